The molecule has 0 bridgehead atoms. The minimum atomic E-state index is 0.623. The summed E-state index contributed by atoms with van der Waals surface area (Å²) in [4.78, 5) is 4.05. The van der Waals surface area contributed by atoms with Gasteiger partial charge in [-0.15, -0.1) is 0 Å². The van der Waals surface area contributed by atoms with Crippen LogP contribution in [0.15, 0.2) is 28.9 Å². The molecule has 0 fully saturated rings. The van der Waals surface area contributed by atoms with Crippen molar-refractivity contribution in [2.24, 2.45) is 10.9 Å². The average molecular weight is 165 g/mol. The van der Waals surface area contributed by atoms with E-state index in [0.717, 1.165) is 6.42 Å². The molecular weight excluding hydrogens is 146 g/mol. The molecule has 1 nitrogen and oxygen atoms in total. The first-order valence-corrected chi connectivity index (χ1v) is 4.69. The second-order valence-electron chi connectivity index (χ2n) is 2.74. The van der Waals surface area contributed by atoms with E-state index in [2.05, 4.69) is 31.0 Å². The summed E-state index contributed by atoms with van der Waals surface area (Å²) in [5, 5.41) is 0. The third kappa shape index (κ3) is 4.12. The van der Waals surface area contributed by atoms with Crippen LogP contribution in [-0.2, 0) is 0 Å². The first kappa shape index (κ1) is 11.2. The summed E-state index contributed by atoms with van der Waals surface area (Å²) in [5.41, 5.74) is 1.39. The number of nitrogens with zero attached hydrogens (tertiary/aromatic N) is 1. The van der Waals surface area contributed by atoms with E-state index >= 15 is 0 Å². The molecule has 0 unspecified atom stereocenters. The van der Waals surface area contributed by atoms with Gasteiger partial charge in [0.2, 0.25) is 0 Å². The normalized spacial score (nSPS) is 14.9. The van der Waals surface area contributed by atoms with Crippen LogP contribution in [0.25, 0.3) is 0 Å². The lowest BCUT2D eigenvalue weighted by molar-refractivity contribution is 0.788. The molecule has 0 aromatic carbocycles. The number of rotatable bonds is 1. The molecule has 0 amide bonds. The van der Waals surface area contributed by atoms with Crippen LogP contribution in [0.4, 0.5) is 0 Å². The SMILES string of the molecule is CC.CC(C)C1=CCC=NC=C1. The van der Waals surface area contributed by atoms with Crippen molar-refractivity contribution < 1.29 is 0 Å². The molecule has 0 saturated heterocycles. The van der Waals surface area contributed by atoms with Gasteiger partial charge in [0.25, 0.3) is 0 Å². The van der Waals surface area contributed by atoms with Gasteiger partial charge in [-0.3, -0.25) is 4.99 Å². The van der Waals surface area contributed by atoms with Crippen LogP contribution in [-0.4, -0.2) is 6.21 Å². The highest BCUT2D eigenvalue weighted by Gasteiger charge is 1.98. The molecule has 12 heavy (non-hydrogen) atoms. The molecule has 1 heterocycles. The standard InChI is InChI=1S/C9H13N.C2H6/c1-8(2)9-4-3-6-10-7-5-9;1-2/h4-8H,3H2,1-2H3;1-2H3. The quantitative estimate of drug-likeness (QED) is 0.563. The molecule has 0 aromatic rings. The number of aliphatic imine (C=N–C) groups is 1. The largest absolute Gasteiger partial charge is 0.269 e. The van der Waals surface area contributed by atoms with E-state index in [-0.39, 0.29) is 0 Å². The van der Waals surface area contributed by atoms with Crippen LogP contribution in [0.2, 0.25) is 0 Å². The van der Waals surface area contributed by atoms with Crippen LogP contribution >= 0.6 is 0 Å². The lowest BCUT2D eigenvalue weighted by Gasteiger charge is -2.02. The van der Waals surface area contributed by atoms with Crippen molar-refractivity contribution in [2.75, 3.05) is 0 Å². The predicted octanol–water partition coefficient (Wildman–Crippen LogP) is 3.58. The van der Waals surface area contributed by atoms with Crippen molar-refractivity contribution in [1.82, 2.24) is 0 Å². The van der Waals surface area contributed by atoms with Crippen molar-refractivity contribution in [3.05, 3.63) is 23.9 Å². The lowest BCUT2D eigenvalue weighted by Crippen LogP contribution is -1.89. The summed E-state index contributed by atoms with van der Waals surface area (Å²) < 4.78 is 0. The fourth-order valence-electron chi connectivity index (χ4n) is 0.936. The zero-order chi connectivity index (χ0) is 9.40. The molecule has 0 saturated carbocycles. The monoisotopic (exact) mass is 165 g/mol. The van der Waals surface area contributed by atoms with Gasteiger partial charge in [-0.2, -0.15) is 0 Å². The topological polar surface area (TPSA) is 12.4 Å². The highest BCUT2D eigenvalue weighted by molar-refractivity contribution is 5.61. The molecule has 68 valence electrons. The van der Waals surface area contributed by atoms with Gasteiger partial charge in [-0.05, 0) is 17.6 Å². The Hall–Kier alpha value is -0.850. The molecule has 0 aliphatic carbocycles. The Kier molecular flexibility index (Phi) is 6.35. The van der Waals surface area contributed by atoms with Gasteiger partial charge < -0.3 is 0 Å². The van der Waals surface area contributed by atoms with Gasteiger partial charge in [0.15, 0.2) is 0 Å². The van der Waals surface area contributed by atoms with Crippen molar-refractivity contribution in [1.29, 1.82) is 0 Å². The minimum Gasteiger partial charge on any atom is -0.269 e. The lowest BCUT2D eigenvalue weighted by atomic mass is 10.0. The van der Waals surface area contributed by atoms with Crippen molar-refractivity contribution in [3.63, 3.8) is 0 Å². The summed E-state index contributed by atoms with van der Waals surface area (Å²) in [6.45, 7) is 8.39. The van der Waals surface area contributed by atoms with E-state index in [1.165, 1.54) is 5.57 Å². The fraction of sp³-hybridized carbons (Fsp3) is 0.545. The maximum absolute atomic E-state index is 4.05. The second-order valence-corrected chi connectivity index (χ2v) is 2.74. The Bertz CT molecular complexity index is 185. The zero-order valence-corrected chi connectivity index (χ0v) is 8.54. The highest BCUT2D eigenvalue weighted by Crippen LogP contribution is 2.12. The molecule has 0 radical (unpaired) electrons. The van der Waals surface area contributed by atoms with Crippen molar-refractivity contribution in [2.45, 2.75) is 34.1 Å². The van der Waals surface area contributed by atoms with E-state index in [4.69, 9.17) is 0 Å². The van der Waals surface area contributed by atoms with E-state index in [9.17, 15) is 0 Å². The number of hydrogen-bond acceptors (Lipinski definition) is 1. The van der Waals surface area contributed by atoms with Crippen LogP contribution in [0.5, 0.6) is 0 Å². The first-order chi connectivity index (χ1) is 5.80. The van der Waals surface area contributed by atoms with E-state index in [0.29, 0.717) is 5.92 Å². The Labute approximate surface area is 75.9 Å². The molecule has 1 aliphatic heterocycles. The van der Waals surface area contributed by atoms with Gasteiger partial charge in [0.05, 0.1) is 0 Å². The summed E-state index contributed by atoms with van der Waals surface area (Å²) in [7, 11) is 0. The molecule has 0 N–H and O–H groups in total. The van der Waals surface area contributed by atoms with Gasteiger partial charge in [-0.25, -0.2) is 0 Å². The van der Waals surface area contributed by atoms with Gasteiger partial charge in [0.1, 0.15) is 0 Å². The molecule has 1 heteroatoms. The third-order valence-electron chi connectivity index (χ3n) is 1.58. The maximum atomic E-state index is 4.05. The van der Waals surface area contributed by atoms with E-state index in [1.54, 1.807) is 0 Å². The van der Waals surface area contributed by atoms with Crippen LogP contribution in [0.1, 0.15) is 34.1 Å². The number of allylic oxidation sites excluding steroid dienone is 3. The Balaban J connectivity index is 0.000000561. The molecule has 1 rings (SSSR count). The molecule has 0 atom stereocenters. The second kappa shape index (κ2) is 6.84. The predicted molar refractivity (Wildman–Crippen MR) is 56.5 cm³/mol. The Morgan fingerprint density at radius 3 is 2.58 bits per heavy atom. The Morgan fingerprint density at radius 1 is 1.33 bits per heavy atom. The van der Waals surface area contributed by atoms with Crippen LogP contribution < -0.4 is 0 Å². The van der Waals surface area contributed by atoms with E-state index in [1.807, 2.05) is 26.3 Å². The summed E-state index contributed by atoms with van der Waals surface area (Å²) >= 11 is 0. The third-order valence-corrected chi connectivity index (χ3v) is 1.58. The van der Waals surface area contributed by atoms with Gasteiger partial charge >= 0.3 is 0 Å². The highest BCUT2D eigenvalue weighted by atomic mass is 14.7. The molecule has 0 aromatic heterocycles. The summed E-state index contributed by atoms with van der Waals surface area (Å²) in [6, 6.07) is 0. The van der Waals surface area contributed by atoms with Crippen LogP contribution in [0.3, 0.4) is 0 Å². The smallest absolute Gasteiger partial charge is 0.0266 e. The van der Waals surface area contributed by atoms with Gasteiger partial charge in [0, 0.05) is 18.8 Å². The molecular formula is C11H19N. The fourth-order valence-corrected chi connectivity index (χ4v) is 0.936. The maximum Gasteiger partial charge on any atom is 0.0266 e. The summed E-state index contributed by atoms with van der Waals surface area (Å²) in [6.07, 6.45) is 9.05. The summed E-state index contributed by atoms with van der Waals surface area (Å²) in [5.74, 6) is 0.623. The molecule has 0 spiro atoms. The van der Waals surface area contributed by atoms with Crippen molar-refractivity contribution in [3.8, 4) is 0 Å². The first-order valence-electron chi connectivity index (χ1n) is 4.69. The zero-order valence-electron chi connectivity index (χ0n) is 8.54. The minimum absolute atomic E-state index is 0.623. The Morgan fingerprint density at radius 2 is 2.00 bits per heavy atom. The number of hydrogen-bond donors (Lipinski definition) is 0. The molecule has 1 aliphatic rings. The van der Waals surface area contributed by atoms with Crippen LogP contribution in [0, 0.1) is 5.92 Å². The van der Waals surface area contributed by atoms with E-state index < -0.39 is 0 Å². The average Bonchev–Trinajstić information content (AvgIpc) is 2.35. The van der Waals surface area contributed by atoms with Gasteiger partial charge in [-0.1, -0.05) is 33.8 Å². The van der Waals surface area contributed by atoms with Crippen molar-refractivity contribution >= 4 is 6.21 Å².